The molecule has 0 radical (unpaired) electrons. The van der Waals surface area contributed by atoms with Crippen molar-refractivity contribution in [3.05, 3.63) is 16.0 Å². The summed E-state index contributed by atoms with van der Waals surface area (Å²) in [6.45, 7) is 3.06. The number of nitriles is 1. The van der Waals surface area contributed by atoms with Crippen LogP contribution in [0.1, 0.15) is 48.1 Å². The molecular formula is C16H21N3OS. The second kappa shape index (κ2) is 6.59. The van der Waals surface area contributed by atoms with Crippen LogP contribution in [0.5, 0.6) is 0 Å². The average molecular weight is 303 g/mol. The van der Waals surface area contributed by atoms with Crippen LogP contribution in [0, 0.1) is 11.3 Å². The molecule has 1 aliphatic heterocycles. The van der Waals surface area contributed by atoms with Crippen molar-refractivity contribution in [3.8, 4) is 6.07 Å². The van der Waals surface area contributed by atoms with Gasteiger partial charge in [0.2, 0.25) is 5.91 Å². The van der Waals surface area contributed by atoms with Crippen LogP contribution in [0.4, 0.5) is 5.00 Å². The number of fused-ring (bicyclic) bond motifs is 1. The highest BCUT2D eigenvalue weighted by Crippen LogP contribution is 2.37. The summed E-state index contributed by atoms with van der Waals surface area (Å²) in [6, 6.07) is 2.29. The smallest absolute Gasteiger partial charge is 0.226 e. The molecule has 0 spiro atoms. The molecule has 1 aromatic rings. The lowest BCUT2D eigenvalue weighted by molar-refractivity contribution is -0.116. The number of carbonyl (C=O) groups excluding carboxylic acids is 1. The van der Waals surface area contributed by atoms with Gasteiger partial charge in [0.05, 0.1) is 5.56 Å². The standard InChI is InChI=1S/C16H21N3OS/c17-11-13-12-5-1-2-6-14(12)21-16(13)18-15(20)7-10-19-8-3-4-9-19/h1-10H2,(H,18,20). The Morgan fingerprint density at radius 3 is 2.76 bits per heavy atom. The molecule has 0 aromatic carbocycles. The number of anilines is 1. The Hall–Kier alpha value is -1.38. The van der Waals surface area contributed by atoms with E-state index in [2.05, 4.69) is 16.3 Å². The first-order chi connectivity index (χ1) is 10.3. The van der Waals surface area contributed by atoms with Gasteiger partial charge < -0.3 is 10.2 Å². The fourth-order valence-corrected chi connectivity index (χ4v) is 4.48. The van der Waals surface area contributed by atoms with Gasteiger partial charge in [0.15, 0.2) is 0 Å². The second-order valence-electron chi connectivity index (χ2n) is 5.87. The van der Waals surface area contributed by atoms with Crippen molar-refractivity contribution in [2.45, 2.75) is 44.9 Å². The van der Waals surface area contributed by atoms with Crippen molar-refractivity contribution in [1.29, 1.82) is 5.26 Å². The SMILES string of the molecule is N#Cc1c(NC(=O)CCN2CCCC2)sc2c1CCCC2. The Balaban J connectivity index is 1.62. The molecule has 3 rings (SSSR count). The number of aryl methyl sites for hydroxylation is 1. The summed E-state index contributed by atoms with van der Waals surface area (Å²) in [7, 11) is 0. The predicted molar refractivity (Wildman–Crippen MR) is 84.6 cm³/mol. The molecule has 5 heteroatoms. The lowest BCUT2D eigenvalue weighted by atomic mass is 9.96. The van der Waals surface area contributed by atoms with Crippen LogP contribution in [0.2, 0.25) is 0 Å². The van der Waals surface area contributed by atoms with Gasteiger partial charge in [-0.15, -0.1) is 11.3 Å². The number of thiophene rings is 1. The molecule has 1 saturated heterocycles. The molecule has 1 aliphatic carbocycles. The minimum Gasteiger partial charge on any atom is -0.317 e. The highest BCUT2D eigenvalue weighted by Gasteiger charge is 2.22. The van der Waals surface area contributed by atoms with Crippen molar-refractivity contribution >= 4 is 22.2 Å². The lowest BCUT2D eigenvalue weighted by Crippen LogP contribution is -2.25. The minimum atomic E-state index is 0.0389. The van der Waals surface area contributed by atoms with Crippen LogP contribution in [0.25, 0.3) is 0 Å². The van der Waals surface area contributed by atoms with Crippen molar-refractivity contribution in [1.82, 2.24) is 4.90 Å². The van der Waals surface area contributed by atoms with Crippen LogP contribution in [0.15, 0.2) is 0 Å². The van der Waals surface area contributed by atoms with Crippen LogP contribution in [0.3, 0.4) is 0 Å². The summed E-state index contributed by atoms with van der Waals surface area (Å²) < 4.78 is 0. The first-order valence-corrected chi connectivity index (χ1v) is 8.66. The molecule has 4 nitrogen and oxygen atoms in total. The summed E-state index contributed by atoms with van der Waals surface area (Å²) in [5.41, 5.74) is 1.90. The Labute approximate surface area is 129 Å². The predicted octanol–water partition coefficient (Wildman–Crippen LogP) is 2.92. The molecule has 1 aromatic heterocycles. The van der Waals surface area contributed by atoms with Crippen LogP contribution < -0.4 is 5.32 Å². The van der Waals surface area contributed by atoms with E-state index in [-0.39, 0.29) is 5.91 Å². The van der Waals surface area contributed by atoms with E-state index >= 15 is 0 Å². The third-order valence-electron chi connectivity index (χ3n) is 4.39. The van der Waals surface area contributed by atoms with E-state index in [0.29, 0.717) is 12.0 Å². The van der Waals surface area contributed by atoms with Gasteiger partial charge in [0, 0.05) is 17.8 Å². The first-order valence-electron chi connectivity index (χ1n) is 7.85. The van der Waals surface area contributed by atoms with Crippen LogP contribution >= 0.6 is 11.3 Å². The second-order valence-corrected chi connectivity index (χ2v) is 6.98. The molecule has 0 bridgehead atoms. The number of nitrogens with zero attached hydrogens (tertiary/aromatic N) is 2. The maximum Gasteiger partial charge on any atom is 0.226 e. The highest BCUT2D eigenvalue weighted by atomic mass is 32.1. The van der Waals surface area contributed by atoms with Gasteiger partial charge in [-0.2, -0.15) is 5.26 Å². The van der Waals surface area contributed by atoms with E-state index in [1.54, 1.807) is 11.3 Å². The van der Waals surface area contributed by atoms with E-state index in [9.17, 15) is 10.1 Å². The molecular weight excluding hydrogens is 282 g/mol. The van der Waals surface area contributed by atoms with Crippen LogP contribution in [-0.2, 0) is 17.6 Å². The Morgan fingerprint density at radius 2 is 2.00 bits per heavy atom. The fourth-order valence-electron chi connectivity index (χ4n) is 3.23. The summed E-state index contributed by atoms with van der Waals surface area (Å²) in [5.74, 6) is 0.0389. The maximum absolute atomic E-state index is 12.1. The third-order valence-corrected chi connectivity index (χ3v) is 5.60. The summed E-state index contributed by atoms with van der Waals surface area (Å²) in [5, 5.41) is 13.1. The monoisotopic (exact) mass is 303 g/mol. The Kier molecular flexibility index (Phi) is 4.57. The van der Waals surface area contributed by atoms with Gasteiger partial charge in [-0.3, -0.25) is 4.79 Å². The summed E-state index contributed by atoms with van der Waals surface area (Å²) >= 11 is 1.60. The molecule has 0 saturated carbocycles. The van der Waals surface area contributed by atoms with Crippen molar-refractivity contribution in [3.63, 3.8) is 0 Å². The molecule has 112 valence electrons. The summed E-state index contributed by atoms with van der Waals surface area (Å²) in [4.78, 5) is 15.7. The minimum absolute atomic E-state index is 0.0389. The molecule has 21 heavy (non-hydrogen) atoms. The van der Waals surface area contributed by atoms with Crippen molar-refractivity contribution in [2.75, 3.05) is 25.0 Å². The zero-order chi connectivity index (χ0) is 14.7. The van der Waals surface area contributed by atoms with Gasteiger partial charge in [-0.1, -0.05) is 0 Å². The number of amides is 1. The van der Waals surface area contributed by atoms with Gasteiger partial charge in [0.1, 0.15) is 11.1 Å². The highest BCUT2D eigenvalue weighted by molar-refractivity contribution is 7.16. The zero-order valence-corrected chi connectivity index (χ0v) is 13.1. The molecule has 0 atom stereocenters. The molecule has 1 N–H and O–H groups in total. The number of rotatable bonds is 4. The topological polar surface area (TPSA) is 56.1 Å². The number of hydrogen-bond donors (Lipinski definition) is 1. The molecule has 1 amide bonds. The largest absolute Gasteiger partial charge is 0.317 e. The third kappa shape index (κ3) is 3.28. The normalized spacial score (nSPS) is 18.2. The quantitative estimate of drug-likeness (QED) is 0.930. The Bertz CT molecular complexity index is 567. The van der Waals surface area contributed by atoms with Gasteiger partial charge in [-0.25, -0.2) is 0 Å². The summed E-state index contributed by atoms with van der Waals surface area (Å²) in [6.07, 6.45) is 7.40. The average Bonchev–Trinajstić information content (AvgIpc) is 3.12. The molecule has 2 heterocycles. The van der Waals surface area contributed by atoms with Gasteiger partial charge in [0.25, 0.3) is 0 Å². The van der Waals surface area contributed by atoms with E-state index < -0.39 is 0 Å². The van der Waals surface area contributed by atoms with Crippen molar-refractivity contribution < 1.29 is 4.79 Å². The number of nitrogens with one attached hydrogen (secondary N) is 1. The van der Waals surface area contributed by atoms with Crippen LogP contribution in [-0.4, -0.2) is 30.4 Å². The van der Waals surface area contributed by atoms with Gasteiger partial charge in [-0.05, 0) is 57.2 Å². The fraction of sp³-hybridized carbons (Fsp3) is 0.625. The maximum atomic E-state index is 12.1. The van der Waals surface area contributed by atoms with E-state index in [1.807, 2.05) is 0 Å². The number of carbonyl (C=O) groups is 1. The van der Waals surface area contributed by atoms with Crippen molar-refractivity contribution in [2.24, 2.45) is 0 Å². The Morgan fingerprint density at radius 1 is 1.24 bits per heavy atom. The van der Waals surface area contributed by atoms with E-state index in [1.165, 1.54) is 29.7 Å². The molecule has 1 fully saturated rings. The number of likely N-dealkylation sites (tertiary alicyclic amines) is 1. The zero-order valence-electron chi connectivity index (χ0n) is 12.3. The first kappa shape index (κ1) is 14.6. The molecule has 0 unspecified atom stereocenters. The lowest BCUT2D eigenvalue weighted by Gasteiger charge is -2.13. The molecule has 2 aliphatic rings. The number of hydrogen-bond acceptors (Lipinski definition) is 4. The van der Waals surface area contributed by atoms with Gasteiger partial charge >= 0.3 is 0 Å². The van der Waals surface area contributed by atoms with E-state index in [0.717, 1.165) is 43.9 Å². The van der Waals surface area contributed by atoms with E-state index in [4.69, 9.17) is 0 Å².